The van der Waals surface area contributed by atoms with Crippen molar-refractivity contribution in [3.8, 4) is 0 Å². The van der Waals surface area contributed by atoms with E-state index in [1.165, 1.54) is 18.2 Å². The van der Waals surface area contributed by atoms with E-state index in [0.717, 1.165) is 29.3 Å². The summed E-state index contributed by atoms with van der Waals surface area (Å²) in [5.41, 5.74) is 2.37. The molecule has 4 rings (SSSR count). The summed E-state index contributed by atoms with van der Waals surface area (Å²) in [6, 6.07) is 11.9. The first kappa shape index (κ1) is 16.3. The molecule has 1 aliphatic carbocycles. The van der Waals surface area contributed by atoms with Gasteiger partial charge in [-0.2, -0.15) is 0 Å². The lowest BCUT2D eigenvalue weighted by Crippen LogP contribution is -2.32. The molecule has 1 aromatic heterocycles. The van der Waals surface area contributed by atoms with Gasteiger partial charge in [0.15, 0.2) is 0 Å². The summed E-state index contributed by atoms with van der Waals surface area (Å²) in [6.45, 7) is 1.90. The van der Waals surface area contributed by atoms with Crippen molar-refractivity contribution in [1.29, 1.82) is 0 Å². The number of benzene rings is 2. The van der Waals surface area contributed by atoms with E-state index in [1.807, 2.05) is 24.4 Å². The van der Waals surface area contributed by atoms with E-state index in [-0.39, 0.29) is 10.3 Å². The van der Waals surface area contributed by atoms with Crippen LogP contribution in [0.5, 0.6) is 0 Å². The van der Waals surface area contributed by atoms with Crippen LogP contribution in [-0.2, 0) is 15.4 Å². The number of halogens is 1. The molecule has 4 nitrogen and oxygen atoms in total. The third-order valence-electron chi connectivity index (χ3n) is 5.05. The molecule has 0 unspecified atom stereocenters. The first-order chi connectivity index (χ1) is 11.9. The van der Waals surface area contributed by atoms with Gasteiger partial charge in [-0.25, -0.2) is 17.5 Å². The monoisotopic (exact) mass is 358 g/mol. The Hall–Kier alpha value is -2.18. The van der Waals surface area contributed by atoms with Crippen LogP contribution < -0.4 is 4.72 Å². The van der Waals surface area contributed by atoms with Gasteiger partial charge < -0.3 is 4.98 Å². The first-order valence-electron chi connectivity index (χ1n) is 8.24. The molecule has 3 aromatic rings. The van der Waals surface area contributed by atoms with Crippen LogP contribution in [-0.4, -0.2) is 19.9 Å². The summed E-state index contributed by atoms with van der Waals surface area (Å²) in [6.07, 6.45) is 3.87. The lowest BCUT2D eigenvalue weighted by Gasteiger charge is -2.16. The number of fused-ring (bicyclic) bond motifs is 1. The number of hydrogen-bond donors (Lipinski definition) is 2. The number of nitrogens with one attached hydrogen (secondary N) is 2. The molecule has 2 aromatic carbocycles. The molecule has 130 valence electrons. The second kappa shape index (κ2) is 5.68. The van der Waals surface area contributed by atoms with Crippen molar-refractivity contribution in [2.75, 3.05) is 6.54 Å². The second-order valence-corrected chi connectivity index (χ2v) is 8.53. The predicted octanol–water partition coefficient (Wildman–Crippen LogP) is 3.63. The molecule has 0 aliphatic heterocycles. The van der Waals surface area contributed by atoms with Crippen molar-refractivity contribution in [2.24, 2.45) is 0 Å². The van der Waals surface area contributed by atoms with Gasteiger partial charge in [-0.15, -0.1) is 0 Å². The van der Waals surface area contributed by atoms with Crippen LogP contribution in [0, 0.1) is 12.7 Å². The number of aryl methyl sites for hydroxylation is 1. The van der Waals surface area contributed by atoms with E-state index in [1.54, 1.807) is 6.92 Å². The number of H-pyrrole nitrogens is 1. The normalized spacial score (nSPS) is 16.2. The smallest absolute Gasteiger partial charge is 0.240 e. The molecule has 0 spiro atoms. The SMILES string of the molecule is Cc1cc(S(=O)(=O)NCC2(c3c[nH]c4ccccc34)CC2)ccc1F. The fraction of sp³-hybridized carbons (Fsp3) is 0.263. The third-order valence-corrected chi connectivity index (χ3v) is 6.45. The van der Waals surface area contributed by atoms with Crippen molar-refractivity contribution >= 4 is 20.9 Å². The quantitative estimate of drug-likeness (QED) is 0.732. The van der Waals surface area contributed by atoms with Gasteiger partial charge in [0.1, 0.15) is 5.82 Å². The van der Waals surface area contributed by atoms with Crippen LogP contribution in [0.2, 0.25) is 0 Å². The van der Waals surface area contributed by atoms with Crippen LogP contribution in [0.3, 0.4) is 0 Å². The Bertz CT molecular complexity index is 1050. The van der Waals surface area contributed by atoms with Gasteiger partial charge in [0.05, 0.1) is 4.90 Å². The first-order valence-corrected chi connectivity index (χ1v) is 9.72. The molecule has 1 aliphatic rings. The van der Waals surface area contributed by atoms with Crippen molar-refractivity contribution < 1.29 is 12.8 Å². The van der Waals surface area contributed by atoms with Crippen molar-refractivity contribution in [3.63, 3.8) is 0 Å². The summed E-state index contributed by atoms with van der Waals surface area (Å²) in [5.74, 6) is -0.406. The molecule has 0 bridgehead atoms. The van der Waals surface area contributed by atoms with E-state index in [4.69, 9.17) is 0 Å². The van der Waals surface area contributed by atoms with Crippen molar-refractivity contribution in [3.05, 3.63) is 65.6 Å². The summed E-state index contributed by atoms with van der Waals surface area (Å²) >= 11 is 0. The maximum absolute atomic E-state index is 13.4. The Labute approximate surface area is 146 Å². The van der Waals surface area contributed by atoms with Crippen LogP contribution in [0.25, 0.3) is 10.9 Å². The third kappa shape index (κ3) is 2.85. The molecule has 1 fully saturated rings. The highest BCUT2D eigenvalue weighted by atomic mass is 32.2. The second-order valence-electron chi connectivity index (χ2n) is 6.76. The number of aromatic nitrogens is 1. The zero-order valence-electron chi connectivity index (χ0n) is 13.8. The Balaban J connectivity index is 1.59. The lowest BCUT2D eigenvalue weighted by molar-refractivity contribution is 0.566. The maximum Gasteiger partial charge on any atom is 0.240 e. The van der Waals surface area contributed by atoms with E-state index < -0.39 is 15.8 Å². The van der Waals surface area contributed by atoms with Gasteiger partial charge in [0.25, 0.3) is 0 Å². The number of sulfonamides is 1. The standard InChI is InChI=1S/C19H19FN2O2S/c1-13-10-14(6-7-17(13)20)25(23,24)22-12-19(8-9-19)16-11-21-18-5-3-2-4-15(16)18/h2-7,10-11,21-22H,8-9,12H2,1H3. The number of para-hydroxylation sites is 1. The highest BCUT2D eigenvalue weighted by Crippen LogP contribution is 2.50. The average Bonchev–Trinajstić information content (AvgIpc) is 3.26. The van der Waals surface area contributed by atoms with Gasteiger partial charge in [-0.05, 0) is 55.2 Å². The largest absolute Gasteiger partial charge is 0.361 e. The molecule has 1 heterocycles. The Morgan fingerprint density at radius 2 is 1.96 bits per heavy atom. The van der Waals surface area contributed by atoms with E-state index >= 15 is 0 Å². The van der Waals surface area contributed by atoms with E-state index in [2.05, 4.69) is 15.8 Å². The van der Waals surface area contributed by atoms with Crippen LogP contribution in [0.4, 0.5) is 4.39 Å². The van der Waals surface area contributed by atoms with Gasteiger partial charge in [-0.3, -0.25) is 0 Å². The van der Waals surface area contributed by atoms with Crippen LogP contribution >= 0.6 is 0 Å². The molecule has 25 heavy (non-hydrogen) atoms. The van der Waals surface area contributed by atoms with Gasteiger partial charge >= 0.3 is 0 Å². The van der Waals surface area contributed by atoms with Crippen molar-refractivity contribution in [1.82, 2.24) is 9.71 Å². The topological polar surface area (TPSA) is 62.0 Å². The summed E-state index contributed by atoms with van der Waals surface area (Å²) in [7, 11) is -3.66. The molecule has 0 atom stereocenters. The van der Waals surface area contributed by atoms with E-state index in [0.29, 0.717) is 12.1 Å². The zero-order chi connectivity index (χ0) is 17.7. The number of rotatable bonds is 5. The van der Waals surface area contributed by atoms with Gasteiger partial charge in [-0.1, -0.05) is 18.2 Å². The minimum Gasteiger partial charge on any atom is -0.361 e. The maximum atomic E-state index is 13.4. The Morgan fingerprint density at radius 1 is 1.20 bits per heavy atom. The molecule has 6 heteroatoms. The number of aromatic amines is 1. The van der Waals surface area contributed by atoms with E-state index in [9.17, 15) is 12.8 Å². The molecule has 2 N–H and O–H groups in total. The molecule has 0 saturated heterocycles. The Morgan fingerprint density at radius 3 is 2.68 bits per heavy atom. The number of hydrogen-bond acceptors (Lipinski definition) is 2. The fourth-order valence-electron chi connectivity index (χ4n) is 3.30. The van der Waals surface area contributed by atoms with Crippen LogP contribution in [0.1, 0.15) is 24.0 Å². The van der Waals surface area contributed by atoms with Crippen LogP contribution in [0.15, 0.2) is 53.6 Å². The molecule has 0 amide bonds. The highest BCUT2D eigenvalue weighted by Gasteiger charge is 2.46. The zero-order valence-corrected chi connectivity index (χ0v) is 14.7. The predicted molar refractivity (Wildman–Crippen MR) is 95.5 cm³/mol. The molecular weight excluding hydrogens is 339 g/mol. The fourth-order valence-corrected chi connectivity index (χ4v) is 4.52. The molecule has 1 saturated carbocycles. The molecular formula is C19H19FN2O2S. The molecule has 0 radical (unpaired) electrons. The highest BCUT2D eigenvalue weighted by molar-refractivity contribution is 7.89. The lowest BCUT2D eigenvalue weighted by atomic mass is 9.96. The van der Waals surface area contributed by atoms with Gasteiger partial charge in [0.2, 0.25) is 10.0 Å². The summed E-state index contributed by atoms with van der Waals surface area (Å²) < 4.78 is 41.2. The van der Waals surface area contributed by atoms with Gasteiger partial charge in [0, 0.05) is 29.1 Å². The minimum atomic E-state index is -3.66. The minimum absolute atomic E-state index is 0.0983. The summed E-state index contributed by atoms with van der Waals surface area (Å²) in [4.78, 5) is 3.36. The Kier molecular flexibility index (Phi) is 3.70. The average molecular weight is 358 g/mol. The summed E-state index contributed by atoms with van der Waals surface area (Å²) in [5, 5.41) is 1.14. The van der Waals surface area contributed by atoms with Crippen molar-refractivity contribution in [2.45, 2.75) is 30.1 Å².